The summed E-state index contributed by atoms with van der Waals surface area (Å²) < 4.78 is 27.6. The van der Waals surface area contributed by atoms with Gasteiger partial charge in [-0.05, 0) is 31.2 Å². The number of ether oxygens (including phenoxy) is 4. The van der Waals surface area contributed by atoms with Crippen molar-refractivity contribution in [3.05, 3.63) is 40.2 Å². The second-order valence-electron chi connectivity index (χ2n) is 7.49. The van der Waals surface area contributed by atoms with Crippen LogP contribution in [0.2, 0.25) is 0 Å². The van der Waals surface area contributed by atoms with Crippen molar-refractivity contribution in [2.24, 2.45) is 0 Å². The van der Waals surface area contributed by atoms with Crippen molar-refractivity contribution in [1.29, 1.82) is 0 Å². The first-order valence-corrected chi connectivity index (χ1v) is 9.66. The summed E-state index contributed by atoms with van der Waals surface area (Å²) in [7, 11) is 0. The maximum absolute atomic E-state index is 12.6. The van der Waals surface area contributed by atoms with Gasteiger partial charge in [0.1, 0.15) is 35.7 Å². The largest absolute Gasteiger partial charge is 0.462 e. The molecule has 0 saturated carbocycles. The van der Waals surface area contributed by atoms with Crippen molar-refractivity contribution < 1.29 is 43.8 Å². The van der Waals surface area contributed by atoms with Gasteiger partial charge in [-0.15, -0.1) is 0 Å². The highest BCUT2D eigenvalue weighted by Crippen LogP contribution is 2.43. The number of rotatable bonds is 3. The van der Waals surface area contributed by atoms with Gasteiger partial charge in [-0.1, -0.05) is 0 Å². The van der Waals surface area contributed by atoms with E-state index in [1.165, 1.54) is 0 Å². The maximum atomic E-state index is 12.6. The van der Waals surface area contributed by atoms with E-state index in [1.807, 2.05) is 0 Å². The monoisotopic (exact) mass is 432 g/mol. The molecule has 0 radical (unpaired) electrons. The number of aliphatic hydroxyl groups is 4. The minimum Gasteiger partial charge on any atom is -0.462 e. The standard InChI is InChI=1S/C21H20O10/c1-8-11(29-21-17(25)16(24)15(23)13(6-22)30-21)4-2-9-14-10(20(26)31-18(8)9)3-5-12-19(14)28-7-27-12/h2-5,13,15-17,21-25H,6-7H2,1H3/t13-,15-,16+,17-,21-/m1/s1. The van der Waals surface area contributed by atoms with Crippen LogP contribution in [0.3, 0.4) is 0 Å². The number of hydrogen-bond donors (Lipinski definition) is 4. The fourth-order valence-electron chi connectivity index (χ4n) is 3.98. The van der Waals surface area contributed by atoms with Crippen LogP contribution in [0.15, 0.2) is 33.5 Å². The van der Waals surface area contributed by atoms with Gasteiger partial charge in [-0.2, -0.15) is 0 Å². The first-order valence-electron chi connectivity index (χ1n) is 9.66. The molecule has 4 N–H and O–H groups in total. The lowest BCUT2D eigenvalue weighted by Gasteiger charge is -2.39. The minimum absolute atomic E-state index is 0.0491. The smallest absolute Gasteiger partial charge is 0.344 e. The van der Waals surface area contributed by atoms with E-state index in [4.69, 9.17) is 23.4 Å². The van der Waals surface area contributed by atoms with Gasteiger partial charge >= 0.3 is 5.63 Å². The van der Waals surface area contributed by atoms with Gasteiger partial charge in [0, 0.05) is 16.3 Å². The summed E-state index contributed by atoms with van der Waals surface area (Å²) in [5.41, 5.74) is 0.141. The Hall–Kier alpha value is -2.89. The van der Waals surface area contributed by atoms with Crippen LogP contribution in [0.4, 0.5) is 0 Å². The molecule has 164 valence electrons. The number of fused-ring (bicyclic) bond motifs is 5. The van der Waals surface area contributed by atoms with Gasteiger partial charge in [-0.25, -0.2) is 4.79 Å². The number of aryl methyl sites for hydroxylation is 1. The molecule has 2 aromatic carbocycles. The van der Waals surface area contributed by atoms with Crippen molar-refractivity contribution in [3.8, 4) is 17.2 Å². The normalized spacial score (nSPS) is 27.7. The van der Waals surface area contributed by atoms with Crippen molar-refractivity contribution in [1.82, 2.24) is 0 Å². The minimum atomic E-state index is -1.57. The Morgan fingerprint density at radius 1 is 1.03 bits per heavy atom. The summed E-state index contributed by atoms with van der Waals surface area (Å²) in [6.07, 6.45) is -7.10. The molecule has 31 heavy (non-hydrogen) atoms. The molecule has 10 nitrogen and oxygen atoms in total. The third-order valence-electron chi connectivity index (χ3n) is 5.67. The fraction of sp³-hybridized carbons (Fsp3) is 0.381. The zero-order valence-corrected chi connectivity index (χ0v) is 16.3. The lowest BCUT2D eigenvalue weighted by atomic mass is 9.99. The second kappa shape index (κ2) is 7.36. The van der Waals surface area contributed by atoms with E-state index >= 15 is 0 Å². The topological polar surface area (TPSA) is 148 Å². The molecule has 0 unspecified atom stereocenters. The molecule has 3 heterocycles. The van der Waals surface area contributed by atoms with Crippen LogP contribution in [0, 0.1) is 6.92 Å². The molecule has 2 aliphatic heterocycles. The van der Waals surface area contributed by atoms with Crippen LogP contribution < -0.4 is 19.8 Å². The SMILES string of the molecule is Cc1c(O[C@@H]2O[C@H](CO)[C@@H](O)[C@H](O)[C@H]2O)ccc2c1oc(=O)c1ccc3c(c12)OCO3. The summed E-state index contributed by atoms with van der Waals surface area (Å²) >= 11 is 0. The molecule has 1 fully saturated rings. The van der Waals surface area contributed by atoms with Gasteiger partial charge in [0.2, 0.25) is 13.1 Å². The maximum Gasteiger partial charge on any atom is 0.344 e. The zero-order chi connectivity index (χ0) is 21.9. The molecule has 10 heteroatoms. The number of hydrogen-bond acceptors (Lipinski definition) is 10. The molecule has 0 amide bonds. The summed E-state index contributed by atoms with van der Waals surface area (Å²) in [5, 5.41) is 41.0. The first-order chi connectivity index (χ1) is 14.9. The molecular weight excluding hydrogens is 412 g/mol. The Morgan fingerprint density at radius 2 is 1.81 bits per heavy atom. The Kier molecular flexibility index (Phi) is 4.76. The Labute approximate surface area is 174 Å². The van der Waals surface area contributed by atoms with E-state index in [9.17, 15) is 25.2 Å². The van der Waals surface area contributed by atoms with E-state index in [1.54, 1.807) is 31.2 Å². The molecule has 0 aliphatic carbocycles. The van der Waals surface area contributed by atoms with E-state index in [0.29, 0.717) is 33.2 Å². The quantitative estimate of drug-likeness (QED) is 0.333. The second-order valence-corrected chi connectivity index (χ2v) is 7.49. The first kappa shape index (κ1) is 20.0. The lowest BCUT2D eigenvalue weighted by molar-refractivity contribution is -0.277. The molecule has 0 spiro atoms. The van der Waals surface area contributed by atoms with E-state index in [0.717, 1.165) is 0 Å². The average Bonchev–Trinajstić information content (AvgIpc) is 3.25. The van der Waals surface area contributed by atoms with Crippen LogP contribution in [0.25, 0.3) is 21.7 Å². The van der Waals surface area contributed by atoms with Crippen molar-refractivity contribution in [3.63, 3.8) is 0 Å². The zero-order valence-electron chi connectivity index (χ0n) is 16.3. The lowest BCUT2D eigenvalue weighted by Crippen LogP contribution is -2.60. The molecule has 3 aromatic rings. The highest BCUT2D eigenvalue weighted by Gasteiger charge is 2.44. The van der Waals surface area contributed by atoms with Crippen LogP contribution in [0.5, 0.6) is 17.2 Å². The Balaban J connectivity index is 1.60. The predicted molar refractivity (Wildman–Crippen MR) is 105 cm³/mol. The third kappa shape index (κ3) is 3.03. The van der Waals surface area contributed by atoms with Gasteiger partial charge in [0.15, 0.2) is 11.5 Å². The van der Waals surface area contributed by atoms with Crippen LogP contribution in [0.1, 0.15) is 5.56 Å². The van der Waals surface area contributed by atoms with E-state index in [-0.39, 0.29) is 18.1 Å². The highest BCUT2D eigenvalue weighted by molar-refractivity contribution is 6.10. The fourth-order valence-corrected chi connectivity index (χ4v) is 3.98. The summed E-state index contributed by atoms with van der Waals surface area (Å²) in [6, 6.07) is 6.54. The van der Waals surface area contributed by atoms with E-state index in [2.05, 4.69) is 0 Å². The van der Waals surface area contributed by atoms with Crippen molar-refractivity contribution in [2.45, 2.75) is 37.6 Å². The van der Waals surface area contributed by atoms with Gasteiger partial charge in [0.05, 0.1) is 12.0 Å². The summed E-state index contributed by atoms with van der Waals surface area (Å²) in [4.78, 5) is 12.6. The number of aliphatic hydroxyl groups excluding tert-OH is 4. The molecule has 1 saturated heterocycles. The van der Waals surface area contributed by atoms with Crippen molar-refractivity contribution in [2.75, 3.05) is 13.4 Å². The van der Waals surface area contributed by atoms with Crippen LogP contribution in [-0.2, 0) is 4.74 Å². The van der Waals surface area contributed by atoms with Gasteiger partial charge in [-0.3, -0.25) is 0 Å². The molecule has 5 atom stereocenters. The van der Waals surface area contributed by atoms with Gasteiger partial charge in [0.25, 0.3) is 0 Å². The van der Waals surface area contributed by atoms with Crippen molar-refractivity contribution >= 4 is 21.7 Å². The average molecular weight is 432 g/mol. The summed E-state index contributed by atoms with van der Waals surface area (Å²) in [6.45, 7) is 1.14. The molecular formula is C21H20O10. The summed E-state index contributed by atoms with van der Waals surface area (Å²) in [5.74, 6) is 1.21. The molecule has 0 bridgehead atoms. The predicted octanol–water partition coefficient (Wildman–Crippen LogP) is 0.162. The van der Waals surface area contributed by atoms with Gasteiger partial charge < -0.3 is 43.8 Å². The molecule has 2 aliphatic rings. The Morgan fingerprint density at radius 3 is 2.58 bits per heavy atom. The highest BCUT2D eigenvalue weighted by atomic mass is 16.7. The third-order valence-corrected chi connectivity index (χ3v) is 5.67. The number of benzene rings is 2. The van der Waals surface area contributed by atoms with Crippen LogP contribution in [-0.4, -0.2) is 64.5 Å². The Bertz CT molecular complexity index is 1220. The van der Waals surface area contributed by atoms with Crippen LogP contribution >= 0.6 is 0 Å². The van der Waals surface area contributed by atoms with E-state index < -0.39 is 42.9 Å². The molecule has 5 rings (SSSR count). The molecule has 1 aromatic heterocycles.